The highest BCUT2D eigenvalue weighted by atomic mass is 16.2. The molecule has 170 valence electrons. The van der Waals surface area contributed by atoms with Gasteiger partial charge in [-0.1, -0.05) is 18.2 Å². The molecule has 0 radical (unpaired) electrons. The van der Waals surface area contributed by atoms with Crippen molar-refractivity contribution in [2.75, 3.05) is 10.2 Å². The van der Waals surface area contributed by atoms with Crippen LogP contribution in [0.1, 0.15) is 47.8 Å². The predicted molar refractivity (Wildman–Crippen MR) is 128 cm³/mol. The lowest BCUT2D eigenvalue weighted by molar-refractivity contribution is 0.0925. The van der Waals surface area contributed by atoms with E-state index in [1.54, 1.807) is 36.5 Å². The number of nitrogens with one attached hydrogen (secondary N) is 1. The maximum absolute atomic E-state index is 13.2. The fourth-order valence-corrected chi connectivity index (χ4v) is 3.96. The largest absolute Gasteiger partial charge is 0.305 e. The average Bonchev–Trinajstić information content (AvgIpc) is 3.39. The van der Waals surface area contributed by atoms with Gasteiger partial charge in [0.1, 0.15) is 11.6 Å². The zero-order valence-electron chi connectivity index (χ0n) is 18.8. The fraction of sp³-hybridized carbons (Fsp3) is 0.0769. The highest BCUT2D eigenvalue weighted by molar-refractivity contribution is 6.35. The summed E-state index contributed by atoms with van der Waals surface area (Å²) in [6.07, 6.45) is 2.90. The molecule has 1 aliphatic heterocycles. The van der Waals surface area contributed by atoms with E-state index in [0.29, 0.717) is 11.5 Å². The molecule has 1 aliphatic rings. The summed E-state index contributed by atoms with van der Waals surface area (Å²) < 4.78 is 1.35. The number of aromatic nitrogens is 3. The number of fused-ring (bicyclic) bond motifs is 1. The van der Waals surface area contributed by atoms with E-state index in [0.717, 1.165) is 16.0 Å². The Bertz CT molecular complexity index is 1570. The number of carbonyl (C=O) groups is 3. The average molecular weight is 462 g/mol. The van der Waals surface area contributed by atoms with Crippen molar-refractivity contribution in [3.8, 4) is 11.9 Å². The number of anilines is 2. The van der Waals surface area contributed by atoms with Gasteiger partial charge in [0.15, 0.2) is 11.6 Å². The summed E-state index contributed by atoms with van der Waals surface area (Å²) in [5.41, 5.74) is 2.97. The zero-order valence-corrected chi connectivity index (χ0v) is 18.8. The number of imide groups is 1. The molecule has 3 heterocycles. The Morgan fingerprint density at radius 1 is 1.00 bits per heavy atom. The smallest absolute Gasteiger partial charge is 0.266 e. The number of hydrogen-bond acceptors (Lipinski definition) is 6. The highest BCUT2D eigenvalue weighted by Gasteiger charge is 2.38. The number of nitrogens with zero attached hydrogens (tertiary/aromatic N) is 5. The van der Waals surface area contributed by atoms with Gasteiger partial charge in [0.25, 0.3) is 17.7 Å². The van der Waals surface area contributed by atoms with Crippen molar-refractivity contribution in [3.63, 3.8) is 0 Å². The molecule has 9 heteroatoms. The quantitative estimate of drug-likeness (QED) is 0.461. The van der Waals surface area contributed by atoms with Crippen molar-refractivity contribution in [3.05, 3.63) is 100 Å². The third-order valence-electron chi connectivity index (χ3n) is 5.95. The molecule has 0 unspecified atom stereocenters. The molecule has 2 aromatic carbocycles. The van der Waals surface area contributed by atoms with Gasteiger partial charge in [0, 0.05) is 11.8 Å². The number of pyridine rings is 1. The van der Waals surface area contributed by atoms with Gasteiger partial charge in [0.2, 0.25) is 0 Å². The summed E-state index contributed by atoms with van der Waals surface area (Å²) in [6.45, 7) is 3.76. The summed E-state index contributed by atoms with van der Waals surface area (Å²) >= 11 is 0. The molecule has 0 saturated carbocycles. The SMILES string of the molecule is Cc1cccc(N2C(=O)c3ccc(C(=O)Nc4c(C#N)cnn4-c4ccccn4)cc3C2=O)c1C. The number of rotatable bonds is 4. The molecule has 2 aromatic heterocycles. The molecule has 4 aromatic rings. The molecule has 0 fully saturated rings. The molecule has 3 amide bonds. The summed E-state index contributed by atoms with van der Waals surface area (Å²) in [4.78, 5) is 44.7. The maximum atomic E-state index is 13.2. The number of carbonyl (C=O) groups excluding carboxylic acids is 3. The predicted octanol–water partition coefficient (Wildman–Crippen LogP) is 3.81. The Balaban J connectivity index is 1.48. The molecule has 0 bridgehead atoms. The second kappa shape index (κ2) is 8.35. The second-order valence-electron chi connectivity index (χ2n) is 8.00. The van der Waals surface area contributed by atoms with Crippen molar-refractivity contribution in [2.45, 2.75) is 13.8 Å². The minimum absolute atomic E-state index is 0.141. The lowest BCUT2D eigenvalue weighted by Crippen LogP contribution is -2.30. The lowest BCUT2D eigenvalue weighted by atomic mass is 10.1. The zero-order chi connectivity index (χ0) is 24.7. The summed E-state index contributed by atoms with van der Waals surface area (Å²) in [5.74, 6) is -0.929. The molecular formula is C26H18N6O3. The first-order valence-corrected chi connectivity index (χ1v) is 10.7. The molecule has 35 heavy (non-hydrogen) atoms. The minimum Gasteiger partial charge on any atom is -0.305 e. The molecule has 0 saturated heterocycles. The third-order valence-corrected chi connectivity index (χ3v) is 5.95. The van der Waals surface area contributed by atoms with Crippen LogP contribution in [0.2, 0.25) is 0 Å². The minimum atomic E-state index is -0.563. The van der Waals surface area contributed by atoms with Gasteiger partial charge in [-0.3, -0.25) is 14.4 Å². The van der Waals surface area contributed by atoms with Crippen LogP contribution in [-0.4, -0.2) is 32.5 Å². The maximum Gasteiger partial charge on any atom is 0.266 e. The molecule has 0 aliphatic carbocycles. The van der Waals surface area contributed by atoms with Gasteiger partial charge in [-0.05, 0) is 61.4 Å². The first kappa shape index (κ1) is 21.7. The van der Waals surface area contributed by atoms with Crippen LogP contribution in [0.15, 0.2) is 67.0 Å². The molecule has 1 N–H and O–H groups in total. The van der Waals surface area contributed by atoms with E-state index in [9.17, 15) is 19.6 Å². The topological polar surface area (TPSA) is 121 Å². The summed E-state index contributed by atoms with van der Waals surface area (Å²) in [7, 11) is 0. The highest BCUT2D eigenvalue weighted by Crippen LogP contribution is 2.32. The second-order valence-corrected chi connectivity index (χ2v) is 8.00. The number of hydrogen-bond donors (Lipinski definition) is 1. The Labute approximate surface area is 200 Å². The van der Waals surface area contributed by atoms with Gasteiger partial charge >= 0.3 is 0 Å². The van der Waals surface area contributed by atoms with Crippen LogP contribution in [0.3, 0.4) is 0 Å². The van der Waals surface area contributed by atoms with Gasteiger partial charge in [-0.25, -0.2) is 9.88 Å². The van der Waals surface area contributed by atoms with Crippen molar-refractivity contribution in [1.82, 2.24) is 14.8 Å². The van der Waals surface area contributed by atoms with E-state index >= 15 is 0 Å². The van der Waals surface area contributed by atoms with Crippen LogP contribution < -0.4 is 10.2 Å². The molecule has 0 atom stereocenters. The molecular weight excluding hydrogens is 444 g/mol. The third kappa shape index (κ3) is 3.54. The Kier molecular flexibility index (Phi) is 5.19. The van der Waals surface area contributed by atoms with Crippen molar-refractivity contribution >= 4 is 29.2 Å². The van der Waals surface area contributed by atoms with Crippen LogP contribution in [0.4, 0.5) is 11.5 Å². The molecule has 9 nitrogen and oxygen atoms in total. The molecule has 0 spiro atoms. The van der Waals surface area contributed by atoms with Gasteiger partial charge in [-0.2, -0.15) is 15.0 Å². The summed E-state index contributed by atoms with van der Waals surface area (Å²) in [5, 5.41) is 16.3. The first-order valence-electron chi connectivity index (χ1n) is 10.7. The van der Waals surface area contributed by atoms with Crippen LogP contribution in [0.25, 0.3) is 5.82 Å². The normalized spacial score (nSPS) is 12.4. The van der Waals surface area contributed by atoms with Gasteiger partial charge < -0.3 is 5.32 Å². The van der Waals surface area contributed by atoms with Crippen LogP contribution >= 0.6 is 0 Å². The van der Waals surface area contributed by atoms with Crippen molar-refractivity contribution in [1.29, 1.82) is 5.26 Å². The van der Waals surface area contributed by atoms with Gasteiger partial charge in [-0.15, -0.1) is 0 Å². The van der Waals surface area contributed by atoms with E-state index in [4.69, 9.17) is 0 Å². The van der Waals surface area contributed by atoms with Crippen molar-refractivity contribution in [2.24, 2.45) is 0 Å². The van der Waals surface area contributed by atoms with Gasteiger partial charge in [0.05, 0.1) is 23.0 Å². The van der Waals surface area contributed by atoms with E-state index in [1.807, 2.05) is 26.0 Å². The fourth-order valence-electron chi connectivity index (χ4n) is 3.96. The standard InChI is InChI=1S/C26H18N6O3/c1-15-6-5-7-21(16(15)2)31-25(34)19-10-9-17(12-20(19)26(31)35)24(33)30-23-18(13-27)14-29-32(23)22-8-3-4-11-28-22/h3-12,14H,1-2H3,(H,30,33). The molecule has 5 rings (SSSR count). The van der Waals surface area contributed by atoms with E-state index in [1.165, 1.54) is 29.1 Å². The van der Waals surface area contributed by atoms with E-state index < -0.39 is 17.7 Å². The van der Waals surface area contributed by atoms with Crippen LogP contribution in [-0.2, 0) is 0 Å². The number of amides is 3. The lowest BCUT2D eigenvalue weighted by Gasteiger charge is -2.17. The van der Waals surface area contributed by atoms with Crippen molar-refractivity contribution < 1.29 is 14.4 Å². The Hall–Kier alpha value is -5.10. The van der Waals surface area contributed by atoms with Crippen LogP contribution in [0.5, 0.6) is 0 Å². The Morgan fingerprint density at radius 3 is 2.54 bits per heavy atom. The number of benzene rings is 2. The number of aryl methyl sites for hydroxylation is 1. The summed E-state index contributed by atoms with van der Waals surface area (Å²) in [6, 6.07) is 16.9. The van der Waals surface area contributed by atoms with E-state index in [2.05, 4.69) is 15.4 Å². The monoisotopic (exact) mass is 462 g/mol. The Morgan fingerprint density at radius 2 is 1.80 bits per heavy atom. The number of nitriles is 1. The first-order chi connectivity index (χ1) is 16.9. The van der Waals surface area contributed by atoms with E-state index in [-0.39, 0.29) is 28.1 Å². The van der Waals surface area contributed by atoms with Crippen LogP contribution in [0, 0.1) is 25.2 Å².